The predicted molar refractivity (Wildman–Crippen MR) is 169 cm³/mol. The zero-order chi connectivity index (χ0) is 28.1. The van der Waals surface area contributed by atoms with Gasteiger partial charge in [-0.2, -0.15) is 0 Å². The van der Waals surface area contributed by atoms with E-state index in [1.54, 1.807) is 14.3 Å². The molecule has 4 aromatic rings. The molecule has 0 fully saturated rings. The van der Waals surface area contributed by atoms with Gasteiger partial charge < -0.3 is 24.8 Å². The minimum absolute atomic E-state index is 0. The zero-order valence-corrected chi connectivity index (χ0v) is 29.4. The van der Waals surface area contributed by atoms with Crippen molar-refractivity contribution >= 4 is 3.21 Å². The Hall–Kier alpha value is -2.31. The van der Waals surface area contributed by atoms with Gasteiger partial charge in [0, 0.05) is 0 Å². The Bertz CT molecular complexity index is 1530. The fourth-order valence-corrected chi connectivity index (χ4v) is 15.7. The van der Waals surface area contributed by atoms with Crippen LogP contribution in [0.5, 0.6) is 0 Å². The van der Waals surface area contributed by atoms with Gasteiger partial charge in [0.15, 0.2) is 0 Å². The summed E-state index contributed by atoms with van der Waals surface area (Å²) in [4.78, 5) is 0. The van der Waals surface area contributed by atoms with Crippen molar-refractivity contribution in [2.75, 3.05) is 0 Å². The fraction of sp³-hybridized carbons (Fsp3) is 0.256. The van der Waals surface area contributed by atoms with Crippen molar-refractivity contribution < 1.29 is 46.1 Å². The molecule has 0 bridgehead atoms. The second-order valence-corrected chi connectivity index (χ2v) is 19.9. The van der Waals surface area contributed by atoms with Crippen molar-refractivity contribution in [1.29, 1.82) is 0 Å². The Balaban J connectivity index is 0.00000202. The summed E-state index contributed by atoms with van der Waals surface area (Å²) in [7, 11) is 0. The number of benzene rings is 4. The average molecular weight is 671 g/mol. The van der Waals surface area contributed by atoms with Crippen LogP contribution < -0.4 is 24.8 Å². The first-order valence-electron chi connectivity index (χ1n) is 14.6. The molecular formula is C39H40Cl2Zr-2. The van der Waals surface area contributed by atoms with Gasteiger partial charge in [0.2, 0.25) is 0 Å². The summed E-state index contributed by atoms with van der Waals surface area (Å²) in [5, 5.41) is 0. The van der Waals surface area contributed by atoms with Crippen molar-refractivity contribution in [2.45, 2.75) is 59.6 Å². The maximum Gasteiger partial charge on any atom is -1.00 e. The molecule has 216 valence electrons. The molecule has 42 heavy (non-hydrogen) atoms. The summed E-state index contributed by atoms with van der Waals surface area (Å²) in [5.41, 5.74) is 11.9. The molecular weight excluding hydrogens is 631 g/mol. The summed E-state index contributed by atoms with van der Waals surface area (Å²) >= 11 is -2.63. The number of rotatable bonds is 4. The van der Waals surface area contributed by atoms with Gasteiger partial charge in [0.25, 0.3) is 0 Å². The SMILES string of the molecule is CC(C)(C)c1ccc2c(c1)[CH]([Zr](=[C](c1ccccc1)c1ccccc1)[CH]1C=CC=C1)c1cc(C(C)(C)C)ccc1-2.[Cl-].[Cl-]. The van der Waals surface area contributed by atoms with Crippen molar-refractivity contribution in [3.8, 4) is 11.1 Å². The second kappa shape index (κ2) is 12.7. The molecule has 0 N–H and O–H groups in total. The predicted octanol–water partition coefficient (Wildman–Crippen LogP) is 4.16. The van der Waals surface area contributed by atoms with Crippen molar-refractivity contribution in [1.82, 2.24) is 0 Å². The third-order valence-corrected chi connectivity index (χ3v) is 17.2. The number of hydrogen-bond acceptors (Lipinski definition) is 0. The summed E-state index contributed by atoms with van der Waals surface area (Å²) < 4.78 is 2.55. The van der Waals surface area contributed by atoms with Crippen molar-refractivity contribution in [3.05, 3.63) is 155 Å². The van der Waals surface area contributed by atoms with Gasteiger partial charge in [-0.1, -0.05) is 0 Å². The van der Waals surface area contributed by atoms with Gasteiger partial charge in [0.05, 0.1) is 0 Å². The van der Waals surface area contributed by atoms with Crippen LogP contribution in [0, 0.1) is 0 Å². The van der Waals surface area contributed by atoms with Crippen molar-refractivity contribution in [2.24, 2.45) is 0 Å². The Morgan fingerprint density at radius 1 is 0.548 bits per heavy atom. The molecule has 0 aliphatic heterocycles. The molecule has 0 amide bonds. The first-order chi connectivity index (χ1) is 19.1. The number of halogens is 2. The van der Waals surface area contributed by atoms with E-state index in [0.717, 1.165) is 0 Å². The van der Waals surface area contributed by atoms with Crippen LogP contribution in [-0.2, 0) is 32.1 Å². The number of allylic oxidation sites excluding steroid dienone is 4. The van der Waals surface area contributed by atoms with Crippen LogP contribution in [0.4, 0.5) is 0 Å². The molecule has 0 atom stereocenters. The van der Waals surface area contributed by atoms with Crippen LogP contribution in [0.3, 0.4) is 0 Å². The molecule has 0 heterocycles. The zero-order valence-electron chi connectivity index (χ0n) is 25.5. The van der Waals surface area contributed by atoms with Gasteiger partial charge in [-0.3, -0.25) is 0 Å². The minimum Gasteiger partial charge on any atom is -1.00 e. The Kier molecular flexibility index (Phi) is 9.89. The Labute approximate surface area is 273 Å². The Morgan fingerprint density at radius 2 is 0.952 bits per heavy atom. The third kappa shape index (κ3) is 6.17. The van der Waals surface area contributed by atoms with E-state index < -0.39 is 21.3 Å². The number of fused-ring (bicyclic) bond motifs is 3. The van der Waals surface area contributed by atoms with E-state index in [0.29, 0.717) is 7.25 Å². The molecule has 0 aromatic heterocycles. The van der Waals surface area contributed by atoms with Gasteiger partial charge in [-0.25, -0.2) is 0 Å². The maximum absolute atomic E-state index is 2.63. The smallest absolute Gasteiger partial charge is 1.00 e. The molecule has 0 radical (unpaired) electrons. The molecule has 3 heteroatoms. The van der Waals surface area contributed by atoms with Crippen molar-refractivity contribution in [3.63, 3.8) is 0 Å². The van der Waals surface area contributed by atoms with Crippen LogP contribution in [0.2, 0.25) is 3.63 Å². The molecule has 0 saturated carbocycles. The number of hydrogen-bond donors (Lipinski definition) is 0. The topological polar surface area (TPSA) is 0 Å². The quantitative estimate of drug-likeness (QED) is 0.306. The van der Waals surface area contributed by atoms with E-state index in [1.165, 1.54) is 33.4 Å². The molecule has 2 aliphatic carbocycles. The standard InChI is InChI=1S/C21H25.C13H10.C5H5.2ClH.Zr/c1-20(2,3)16-7-9-18-14(12-16)11-15-13-17(21(4,5)6)8-10-19(15)18;1-3-7-12(8-4-1)11-13-9-5-2-6-10-13;1-2-4-5-3-1;;;/h7-13H,1-6H3;1-10H;1-5H;2*1H;/p-2. The first-order valence-corrected chi connectivity index (χ1v) is 18.7. The third-order valence-electron chi connectivity index (χ3n) is 8.58. The van der Waals surface area contributed by atoms with Gasteiger partial charge in [-0.15, -0.1) is 0 Å². The fourth-order valence-electron chi connectivity index (χ4n) is 6.38. The molecule has 0 spiro atoms. The van der Waals surface area contributed by atoms with Gasteiger partial charge in [0.1, 0.15) is 0 Å². The monoisotopic (exact) mass is 668 g/mol. The van der Waals surface area contributed by atoms with Crippen LogP contribution in [0.15, 0.2) is 121 Å². The summed E-state index contributed by atoms with van der Waals surface area (Å²) in [6.07, 6.45) is 9.57. The molecule has 0 unspecified atom stereocenters. The molecule has 4 aromatic carbocycles. The second-order valence-electron chi connectivity index (χ2n) is 13.4. The van der Waals surface area contributed by atoms with E-state index in [9.17, 15) is 0 Å². The molecule has 6 rings (SSSR count). The van der Waals surface area contributed by atoms with E-state index in [2.05, 4.69) is 163 Å². The minimum atomic E-state index is -2.63. The van der Waals surface area contributed by atoms with Crippen LogP contribution in [-0.4, -0.2) is 3.21 Å². The van der Waals surface area contributed by atoms with Gasteiger partial charge in [-0.05, 0) is 0 Å². The van der Waals surface area contributed by atoms with Gasteiger partial charge >= 0.3 is 250 Å². The van der Waals surface area contributed by atoms with E-state index in [-0.39, 0.29) is 35.6 Å². The maximum atomic E-state index is 2.58. The molecule has 0 saturated heterocycles. The summed E-state index contributed by atoms with van der Waals surface area (Å²) in [6, 6.07) is 37.3. The van der Waals surface area contributed by atoms with Crippen LogP contribution in [0.25, 0.3) is 11.1 Å². The first kappa shape index (κ1) is 32.6. The molecule has 0 nitrogen and oxygen atoms in total. The van der Waals surface area contributed by atoms with E-state index >= 15 is 0 Å². The largest absolute Gasteiger partial charge is 1.00 e. The van der Waals surface area contributed by atoms with Crippen LogP contribution >= 0.6 is 0 Å². The van der Waals surface area contributed by atoms with Crippen LogP contribution in [0.1, 0.15) is 78.5 Å². The normalized spacial score (nSPS) is 14.1. The summed E-state index contributed by atoms with van der Waals surface area (Å²) in [5.74, 6) is 0. The Morgan fingerprint density at radius 3 is 1.33 bits per heavy atom. The summed E-state index contributed by atoms with van der Waals surface area (Å²) in [6.45, 7) is 14.1. The van der Waals surface area contributed by atoms with E-state index in [1.807, 2.05) is 0 Å². The average Bonchev–Trinajstić information content (AvgIpc) is 3.58. The van der Waals surface area contributed by atoms with E-state index in [4.69, 9.17) is 0 Å². The molecule has 2 aliphatic rings.